The predicted octanol–water partition coefficient (Wildman–Crippen LogP) is 3.06. The van der Waals surface area contributed by atoms with Crippen molar-refractivity contribution in [3.63, 3.8) is 0 Å². The maximum Gasteiger partial charge on any atom is 0.164 e. The number of hydrogen-bond acceptors (Lipinski definition) is 3. The van der Waals surface area contributed by atoms with Crippen LogP contribution in [0.15, 0.2) is 30.3 Å². The minimum atomic E-state index is -0.0132. The van der Waals surface area contributed by atoms with Crippen LogP contribution in [0.25, 0.3) is 10.8 Å². The highest BCUT2D eigenvalue weighted by Crippen LogP contribution is 2.30. The number of carbonyl (C=O) groups is 1. The first-order valence-corrected chi connectivity index (χ1v) is 5.33. The van der Waals surface area contributed by atoms with E-state index in [4.69, 9.17) is 9.47 Å². The molecule has 0 spiro atoms. The van der Waals surface area contributed by atoms with Crippen molar-refractivity contribution in [2.24, 2.45) is 0 Å². The summed E-state index contributed by atoms with van der Waals surface area (Å²) in [5.41, 5.74) is 0.601. The van der Waals surface area contributed by atoms with Crippen molar-refractivity contribution < 1.29 is 14.3 Å². The van der Waals surface area contributed by atoms with Crippen LogP contribution in [-0.4, -0.2) is 20.0 Å². The molecule has 0 aliphatic carbocycles. The molecule has 0 fully saturated rings. The first-order valence-electron chi connectivity index (χ1n) is 5.33. The van der Waals surface area contributed by atoms with E-state index in [1.54, 1.807) is 14.2 Å². The van der Waals surface area contributed by atoms with Gasteiger partial charge in [-0.3, -0.25) is 4.79 Å². The van der Waals surface area contributed by atoms with Gasteiger partial charge in [0.05, 0.1) is 19.8 Å². The quantitative estimate of drug-likeness (QED) is 0.760. The van der Waals surface area contributed by atoms with Crippen LogP contribution in [0, 0.1) is 0 Å². The van der Waals surface area contributed by atoms with Crippen LogP contribution in [0.1, 0.15) is 17.3 Å². The maximum atomic E-state index is 11.7. The van der Waals surface area contributed by atoms with Crippen LogP contribution in [0.5, 0.6) is 11.5 Å². The maximum absolute atomic E-state index is 11.7. The van der Waals surface area contributed by atoms with Gasteiger partial charge in [-0.1, -0.05) is 12.1 Å². The van der Waals surface area contributed by atoms with Crippen molar-refractivity contribution in [1.29, 1.82) is 0 Å². The highest BCUT2D eigenvalue weighted by atomic mass is 16.5. The van der Waals surface area contributed by atoms with Crippen molar-refractivity contribution in [3.05, 3.63) is 35.9 Å². The Labute approximate surface area is 100.0 Å². The lowest BCUT2D eigenvalue weighted by atomic mass is 10.0. The summed E-state index contributed by atoms with van der Waals surface area (Å²) in [5.74, 6) is 1.31. The largest absolute Gasteiger partial charge is 0.497 e. The molecule has 0 saturated heterocycles. The van der Waals surface area contributed by atoms with Crippen molar-refractivity contribution >= 4 is 16.6 Å². The summed E-state index contributed by atoms with van der Waals surface area (Å²) in [4.78, 5) is 11.7. The van der Waals surface area contributed by atoms with Crippen molar-refractivity contribution in [3.8, 4) is 11.5 Å². The van der Waals surface area contributed by atoms with Crippen molar-refractivity contribution in [1.82, 2.24) is 0 Å². The van der Waals surface area contributed by atoms with E-state index in [1.807, 2.05) is 30.3 Å². The molecule has 0 aromatic heterocycles. The molecule has 0 unspecified atom stereocenters. The normalized spacial score (nSPS) is 10.3. The van der Waals surface area contributed by atoms with Crippen LogP contribution in [-0.2, 0) is 0 Å². The molecule has 0 heterocycles. The molecule has 2 aromatic carbocycles. The first kappa shape index (κ1) is 11.5. The van der Waals surface area contributed by atoms with Crippen molar-refractivity contribution in [2.45, 2.75) is 6.92 Å². The minimum absolute atomic E-state index is 0.0132. The van der Waals surface area contributed by atoms with Gasteiger partial charge in [0.25, 0.3) is 0 Å². The van der Waals surface area contributed by atoms with E-state index < -0.39 is 0 Å². The van der Waals surface area contributed by atoms with E-state index in [2.05, 4.69) is 0 Å². The lowest BCUT2D eigenvalue weighted by Gasteiger charge is -2.10. The van der Waals surface area contributed by atoms with Gasteiger partial charge >= 0.3 is 0 Å². The number of hydrogen-bond donors (Lipinski definition) is 0. The molecule has 0 atom stereocenters. The fourth-order valence-corrected chi connectivity index (χ4v) is 1.94. The lowest BCUT2D eigenvalue weighted by molar-refractivity contribution is 0.101. The number of fused-ring (bicyclic) bond motifs is 1. The van der Waals surface area contributed by atoms with E-state index in [0.29, 0.717) is 11.3 Å². The second kappa shape index (κ2) is 4.45. The molecule has 0 radical (unpaired) electrons. The first-order chi connectivity index (χ1) is 8.17. The Hall–Kier alpha value is -2.03. The average Bonchev–Trinajstić information content (AvgIpc) is 2.36. The fraction of sp³-hybridized carbons (Fsp3) is 0.214. The number of methoxy groups -OCH3 is 2. The molecule has 2 rings (SSSR count). The second-order valence-electron chi connectivity index (χ2n) is 3.79. The van der Waals surface area contributed by atoms with Gasteiger partial charge in [0, 0.05) is 0 Å². The van der Waals surface area contributed by atoms with Crippen LogP contribution in [0.4, 0.5) is 0 Å². The van der Waals surface area contributed by atoms with Crippen LogP contribution in [0.2, 0.25) is 0 Å². The Kier molecular flexibility index (Phi) is 3.00. The molecule has 2 aromatic rings. The minimum Gasteiger partial charge on any atom is -0.497 e. The molecule has 3 heteroatoms. The molecule has 0 saturated carbocycles. The summed E-state index contributed by atoms with van der Waals surface area (Å²) in [6.07, 6.45) is 0. The summed E-state index contributed by atoms with van der Waals surface area (Å²) < 4.78 is 10.4. The standard InChI is InChI=1S/C14H14O3/c1-9(15)14-12-8-11(16-2)6-4-10(12)5-7-13(14)17-3/h4-8H,1-3H3. The summed E-state index contributed by atoms with van der Waals surface area (Å²) >= 11 is 0. The number of carbonyl (C=O) groups excluding carboxylic acids is 1. The zero-order valence-corrected chi connectivity index (χ0v) is 10.1. The molecule has 88 valence electrons. The van der Waals surface area contributed by atoms with E-state index in [1.165, 1.54) is 6.92 Å². The Balaban J connectivity index is 2.81. The lowest BCUT2D eigenvalue weighted by Crippen LogP contribution is -1.99. The summed E-state index contributed by atoms with van der Waals surface area (Å²) in [6, 6.07) is 9.40. The molecule has 0 aliphatic rings. The van der Waals surface area contributed by atoms with E-state index >= 15 is 0 Å². The Morgan fingerprint density at radius 3 is 2.35 bits per heavy atom. The van der Waals surface area contributed by atoms with E-state index in [-0.39, 0.29) is 5.78 Å². The SMILES string of the molecule is COc1ccc2ccc(OC)c(C(C)=O)c2c1. The Bertz CT molecular complexity index is 568. The van der Waals surface area contributed by atoms with Gasteiger partial charge < -0.3 is 9.47 Å². The molecule has 3 nitrogen and oxygen atoms in total. The summed E-state index contributed by atoms with van der Waals surface area (Å²) in [5, 5.41) is 1.85. The van der Waals surface area contributed by atoms with Crippen molar-refractivity contribution in [2.75, 3.05) is 14.2 Å². The van der Waals surface area contributed by atoms with Gasteiger partial charge in [-0.15, -0.1) is 0 Å². The van der Waals surface area contributed by atoms with Gasteiger partial charge in [-0.2, -0.15) is 0 Å². The summed E-state index contributed by atoms with van der Waals surface area (Å²) in [6.45, 7) is 1.54. The van der Waals surface area contributed by atoms with Gasteiger partial charge in [0.1, 0.15) is 11.5 Å². The third-order valence-electron chi connectivity index (χ3n) is 2.76. The van der Waals surface area contributed by atoms with Crippen LogP contribution >= 0.6 is 0 Å². The smallest absolute Gasteiger partial charge is 0.164 e. The molecular formula is C14H14O3. The molecule has 0 N–H and O–H groups in total. The predicted molar refractivity (Wildman–Crippen MR) is 67.1 cm³/mol. The second-order valence-corrected chi connectivity index (χ2v) is 3.79. The average molecular weight is 230 g/mol. The van der Waals surface area contributed by atoms with E-state index in [9.17, 15) is 4.79 Å². The molecular weight excluding hydrogens is 216 g/mol. The van der Waals surface area contributed by atoms with E-state index in [0.717, 1.165) is 16.5 Å². The number of Topliss-reactive ketones (excluding diaryl/α,β-unsaturated/α-hetero) is 1. The van der Waals surface area contributed by atoms with Crippen LogP contribution < -0.4 is 9.47 Å². The number of ketones is 1. The van der Waals surface area contributed by atoms with Gasteiger partial charge in [0.2, 0.25) is 0 Å². The van der Waals surface area contributed by atoms with Crippen LogP contribution in [0.3, 0.4) is 0 Å². The van der Waals surface area contributed by atoms with Gasteiger partial charge in [0.15, 0.2) is 5.78 Å². The fourth-order valence-electron chi connectivity index (χ4n) is 1.94. The molecule has 0 amide bonds. The number of ether oxygens (including phenoxy) is 2. The summed E-state index contributed by atoms with van der Waals surface area (Å²) in [7, 11) is 3.17. The Morgan fingerprint density at radius 1 is 1.06 bits per heavy atom. The molecule has 17 heavy (non-hydrogen) atoms. The highest BCUT2D eigenvalue weighted by Gasteiger charge is 2.13. The Morgan fingerprint density at radius 2 is 1.76 bits per heavy atom. The van der Waals surface area contributed by atoms with Gasteiger partial charge in [-0.25, -0.2) is 0 Å². The van der Waals surface area contributed by atoms with Gasteiger partial charge in [-0.05, 0) is 35.9 Å². The topological polar surface area (TPSA) is 35.5 Å². The molecule has 0 bridgehead atoms. The molecule has 0 aliphatic heterocycles. The zero-order valence-electron chi connectivity index (χ0n) is 10.1. The number of benzene rings is 2. The number of rotatable bonds is 3. The third-order valence-corrected chi connectivity index (χ3v) is 2.76. The third kappa shape index (κ3) is 1.96. The zero-order chi connectivity index (χ0) is 12.4. The highest BCUT2D eigenvalue weighted by molar-refractivity contribution is 6.09. The monoisotopic (exact) mass is 230 g/mol.